The minimum Gasteiger partial charge on any atom is -0.496 e. The van der Waals surface area contributed by atoms with Gasteiger partial charge >= 0.3 is 7.12 Å². The van der Waals surface area contributed by atoms with Crippen LogP contribution in [0.2, 0.25) is 0 Å². The van der Waals surface area contributed by atoms with Crippen molar-refractivity contribution < 1.29 is 14.0 Å². The van der Waals surface area contributed by atoms with Crippen molar-refractivity contribution in [1.29, 1.82) is 0 Å². The maximum absolute atomic E-state index is 6.17. The van der Waals surface area contributed by atoms with Gasteiger partial charge in [-0.15, -0.1) is 0 Å². The predicted octanol–water partition coefficient (Wildman–Crippen LogP) is 2.59. The zero-order valence-electron chi connectivity index (χ0n) is 15.0. The van der Waals surface area contributed by atoms with E-state index in [0.29, 0.717) is 0 Å². The first-order chi connectivity index (χ1) is 10.8. The van der Waals surface area contributed by atoms with Crippen molar-refractivity contribution in [3.63, 3.8) is 0 Å². The molecule has 0 radical (unpaired) electrons. The molecule has 0 unspecified atom stereocenters. The number of rotatable bonds is 4. The summed E-state index contributed by atoms with van der Waals surface area (Å²) in [6, 6.07) is 6.26. The molecule has 4 nitrogen and oxygen atoms in total. The van der Waals surface area contributed by atoms with Gasteiger partial charge in [0.05, 0.1) is 18.3 Å². The van der Waals surface area contributed by atoms with Gasteiger partial charge in [-0.2, -0.15) is 0 Å². The SMILES string of the molecule is COc1ccc(B2OC(C)(C)C(C)(C)O2)cc1CN1CCCC1. The fraction of sp³-hybridized carbons (Fsp3) is 0.667. The van der Waals surface area contributed by atoms with Crippen LogP contribution in [0.5, 0.6) is 5.75 Å². The van der Waals surface area contributed by atoms with Crippen molar-refractivity contribution in [2.24, 2.45) is 0 Å². The Morgan fingerprint density at radius 2 is 1.70 bits per heavy atom. The minimum atomic E-state index is -0.316. The van der Waals surface area contributed by atoms with Gasteiger partial charge in [0.2, 0.25) is 0 Å². The van der Waals surface area contributed by atoms with Gasteiger partial charge in [-0.1, -0.05) is 12.1 Å². The van der Waals surface area contributed by atoms with E-state index in [1.165, 1.54) is 31.5 Å². The molecule has 2 saturated heterocycles. The molecule has 0 amide bonds. The van der Waals surface area contributed by atoms with Gasteiger partial charge in [-0.05, 0) is 65.2 Å². The van der Waals surface area contributed by atoms with Gasteiger partial charge in [0.15, 0.2) is 0 Å². The molecule has 0 aromatic heterocycles. The van der Waals surface area contributed by atoms with Crippen LogP contribution in [0.1, 0.15) is 46.1 Å². The molecule has 0 N–H and O–H groups in total. The molecular formula is C18H28BNO3. The number of hydrogen-bond acceptors (Lipinski definition) is 4. The summed E-state index contributed by atoms with van der Waals surface area (Å²) >= 11 is 0. The average Bonchev–Trinajstić information content (AvgIpc) is 3.05. The van der Waals surface area contributed by atoms with E-state index in [4.69, 9.17) is 14.0 Å². The summed E-state index contributed by atoms with van der Waals surface area (Å²) < 4.78 is 17.9. The van der Waals surface area contributed by atoms with Crippen LogP contribution in [-0.2, 0) is 15.9 Å². The first kappa shape index (κ1) is 16.8. The zero-order valence-corrected chi connectivity index (χ0v) is 15.0. The van der Waals surface area contributed by atoms with Gasteiger partial charge < -0.3 is 14.0 Å². The second-order valence-corrected chi connectivity index (χ2v) is 7.64. The lowest BCUT2D eigenvalue weighted by Gasteiger charge is -2.32. The predicted molar refractivity (Wildman–Crippen MR) is 93.2 cm³/mol. The highest BCUT2D eigenvalue weighted by Crippen LogP contribution is 2.36. The Hall–Kier alpha value is -1.04. The number of hydrogen-bond donors (Lipinski definition) is 0. The van der Waals surface area contributed by atoms with E-state index >= 15 is 0 Å². The lowest BCUT2D eigenvalue weighted by molar-refractivity contribution is 0.00578. The molecular weight excluding hydrogens is 289 g/mol. The van der Waals surface area contributed by atoms with Crippen LogP contribution in [0.25, 0.3) is 0 Å². The molecule has 2 aliphatic rings. The molecule has 0 bridgehead atoms. The van der Waals surface area contributed by atoms with Crippen LogP contribution in [0.15, 0.2) is 18.2 Å². The third-order valence-electron chi connectivity index (χ3n) is 5.42. The van der Waals surface area contributed by atoms with E-state index in [1.807, 2.05) is 6.07 Å². The van der Waals surface area contributed by atoms with Crippen molar-refractivity contribution >= 4 is 12.6 Å². The third kappa shape index (κ3) is 3.28. The number of likely N-dealkylation sites (tertiary alicyclic amines) is 1. The molecule has 1 aromatic rings. The fourth-order valence-electron chi connectivity index (χ4n) is 3.23. The quantitative estimate of drug-likeness (QED) is 0.799. The van der Waals surface area contributed by atoms with Crippen molar-refractivity contribution in [3.8, 4) is 5.75 Å². The molecule has 3 rings (SSSR count). The van der Waals surface area contributed by atoms with E-state index in [-0.39, 0.29) is 18.3 Å². The first-order valence-electron chi connectivity index (χ1n) is 8.57. The Morgan fingerprint density at radius 3 is 2.26 bits per heavy atom. The van der Waals surface area contributed by atoms with E-state index < -0.39 is 0 Å². The molecule has 5 heteroatoms. The van der Waals surface area contributed by atoms with Crippen molar-refractivity contribution in [2.45, 2.75) is 58.3 Å². The van der Waals surface area contributed by atoms with Crippen molar-refractivity contribution in [1.82, 2.24) is 4.90 Å². The number of nitrogens with zero attached hydrogens (tertiary/aromatic N) is 1. The monoisotopic (exact) mass is 317 g/mol. The van der Waals surface area contributed by atoms with E-state index in [2.05, 4.69) is 44.7 Å². The Balaban J connectivity index is 1.83. The molecule has 0 atom stereocenters. The van der Waals surface area contributed by atoms with Gasteiger partial charge in [-0.25, -0.2) is 0 Å². The van der Waals surface area contributed by atoms with Crippen LogP contribution in [0.4, 0.5) is 0 Å². The Labute approximate surface area is 140 Å². The van der Waals surface area contributed by atoms with Crippen LogP contribution in [0.3, 0.4) is 0 Å². The molecule has 2 aliphatic heterocycles. The highest BCUT2D eigenvalue weighted by atomic mass is 16.7. The minimum absolute atomic E-state index is 0.313. The van der Waals surface area contributed by atoms with Crippen molar-refractivity contribution in [3.05, 3.63) is 23.8 Å². The largest absolute Gasteiger partial charge is 0.496 e. The summed E-state index contributed by atoms with van der Waals surface area (Å²) in [4.78, 5) is 2.48. The first-order valence-corrected chi connectivity index (χ1v) is 8.57. The van der Waals surface area contributed by atoms with E-state index in [9.17, 15) is 0 Å². The molecule has 23 heavy (non-hydrogen) atoms. The maximum atomic E-state index is 6.17. The summed E-state index contributed by atoms with van der Waals surface area (Å²) in [5.41, 5.74) is 1.65. The summed E-state index contributed by atoms with van der Waals surface area (Å²) in [6.45, 7) is 11.6. The normalized spacial score (nSPS) is 23.4. The number of methoxy groups -OCH3 is 1. The van der Waals surface area contributed by atoms with Gasteiger partial charge in [0.1, 0.15) is 5.75 Å². The topological polar surface area (TPSA) is 30.9 Å². The second kappa shape index (κ2) is 6.12. The zero-order chi connectivity index (χ0) is 16.7. The molecule has 1 aromatic carbocycles. The Bertz CT molecular complexity index is 551. The highest BCUT2D eigenvalue weighted by Gasteiger charge is 2.51. The lowest BCUT2D eigenvalue weighted by atomic mass is 9.78. The van der Waals surface area contributed by atoms with E-state index in [0.717, 1.165) is 17.8 Å². The lowest BCUT2D eigenvalue weighted by Crippen LogP contribution is -2.41. The standard InChI is InChI=1S/C18H28BNO3/c1-17(2)18(3,4)23-19(22-17)15-8-9-16(21-5)14(12-15)13-20-10-6-7-11-20/h8-9,12H,6-7,10-11,13H2,1-5H3. The Kier molecular flexibility index (Phi) is 4.47. The highest BCUT2D eigenvalue weighted by molar-refractivity contribution is 6.62. The van der Waals surface area contributed by atoms with Crippen LogP contribution in [-0.4, -0.2) is 43.4 Å². The number of benzene rings is 1. The van der Waals surface area contributed by atoms with Gasteiger partial charge in [0.25, 0.3) is 0 Å². The smallest absolute Gasteiger partial charge is 0.494 e. The van der Waals surface area contributed by atoms with Crippen LogP contribution >= 0.6 is 0 Å². The Morgan fingerprint density at radius 1 is 1.09 bits per heavy atom. The second-order valence-electron chi connectivity index (χ2n) is 7.64. The molecule has 2 fully saturated rings. The molecule has 126 valence electrons. The van der Waals surface area contributed by atoms with Crippen LogP contribution in [0, 0.1) is 0 Å². The summed E-state index contributed by atoms with van der Waals surface area (Å²) in [7, 11) is 1.42. The average molecular weight is 317 g/mol. The summed E-state index contributed by atoms with van der Waals surface area (Å²) in [5.74, 6) is 0.942. The number of ether oxygens (including phenoxy) is 1. The molecule has 0 saturated carbocycles. The van der Waals surface area contributed by atoms with E-state index in [1.54, 1.807) is 7.11 Å². The van der Waals surface area contributed by atoms with Gasteiger partial charge in [0, 0.05) is 12.1 Å². The molecule has 0 aliphatic carbocycles. The van der Waals surface area contributed by atoms with Crippen LogP contribution < -0.4 is 10.2 Å². The summed E-state index contributed by atoms with van der Waals surface area (Å²) in [6.07, 6.45) is 2.58. The van der Waals surface area contributed by atoms with Gasteiger partial charge in [-0.3, -0.25) is 4.90 Å². The third-order valence-corrected chi connectivity index (χ3v) is 5.42. The fourth-order valence-corrected chi connectivity index (χ4v) is 3.23. The molecule has 2 heterocycles. The summed E-state index contributed by atoms with van der Waals surface area (Å²) in [5, 5.41) is 0. The van der Waals surface area contributed by atoms with Crippen molar-refractivity contribution in [2.75, 3.05) is 20.2 Å². The molecule has 0 spiro atoms. The maximum Gasteiger partial charge on any atom is 0.494 e.